The van der Waals surface area contributed by atoms with E-state index in [1.807, 2.05) is 0 Å². The van der Waals surface area contributed by atoms with Crippen LogP contribution in [0.1, 0.15) is 20.3 Å². The second-order valence-electron chi connectivity index (χ2n) is 3.52. The Labute approximate surface area is 108 Å². The third-order valence-corrected chi connectivity index (χ3v) is 4.61. The Bertz CT molecular complexity index is 301. The van der Waals surface area contributed by atoms with Crippen LogP contribution in [-0.2, 0) is 0 Å². The maximum atomic E-state index is 3.52. The first-order valence-corrected chi connectivity index (χ1v) is 6.69. The molecule has 0 saturated heterocycles. The van der Waals surface area contributed by atoms with Gasteiger partial charge in [0, 0.05) is 20.3 Å². The monoisotopic (exact) mass is 367 g/mol. The molecular weight excluding hydrogens is 353 g/mol. The van der Waals surface area contributed by atoms with Gasteiger partial charge in [-0.2, -0.15) is 0 Å². The highest BCUT2D eigenvalue weighted by atomic mass is 127. The van der Waals surface area contributed by atoms with Crippen molar-refractivity contribution in [2.24, 2.45) is 5.92 Å². The summed E-state index contributed by atoms with van der Waals surface area (Å²) in [7, 11) is 0. The maximum absolute atomic E-state index is 3.52. The minimum absolute atomic E-state index is 0.730. The molecule has 0 heterocycles. The number of halogens is 2. The molecule has 1 N–H and O–H groups in total. The van der Waals surface area contributed by atoms with Gasteiger partial charge in [-0.05, 0) is 62.6 Å². The molecule has 0 aliphatic carbocycles. The van der Waals surface area contributed by atoms with E-state index in [1.165, 1.54) is 15.7 Å². The average molecular weight is 368 g/mol. The molecule has 1 rings (SSSR count). The molecule has 0 spiro atoms. The molecule has 3 heteroatoms. The molecule has 0 aliphatic heterocycles. The summed E-state index contributed by atoms with van der Waals surface area (Å²) >= 11 is 5.84. The van der Waals surface area contributed by atoms with Gasteiger partial charge in [0.1, 0.15) is 0 Å². The molecule has 78 valence electrons. The smallest absolute Gasteiger partial charge is 0.0352 e. The molecule has 14 heavy (non-hydrogen) atoms. The van der Waals surface area contributed by atoms with E-state index in [9.17, 15) is 0 Å². The molecule has 0 fully saturated rings. The summed E-state index contributed by atoms with van der Waals surface area (Å²) < 4.78 is 2.41. The molecule has 0 saturated carbocycles. The number of hydrogen-bond donors (Lipinski definition) is 1. The second-order valence-corrected chi connectivity index (χ2v) is 5.54. The SMILES string of the molecule is CCC(C)CNc1ccc(I)c(Br)c1. The standard InChI is InChI=1S/C11H15BrIN/c1-3-8(2)7-14-9-4-5-11(13)10(12)6-9/h4-6,8,14H,3,7H2,1-2H3. The molecule has 1 atom stereocenters. The van der Waals surface area contributed by atoms with Crippen LogP contribution in [0.15, 0.2) is 22.7 Å². The highest BCUT2D eigenvalue weighted by molar-refractivity contribution is 14.1. The zero-order valence-corrected chi connectivity index (χ0v) is 12.2. The van der Waals surface area contributed by atoms with Crippen molar-refractivity contribution in [3.63, 3.8) is 0 Å². The lowest BCUT2D eigenvalue weighted by molar-refractivity contribution is 0.593. The molecule has 1 aromatic carbocycles. The van der Waals surface area contributed by atoms with Crippen molar-refractivity contribution in [1.82, 2.24) is 0 Å². The minimum Gasteiger partial charge on any atom is -0.385 e. The van der Waals surface area contributed by atoms with Crippen molar-refractivity contribution in [3.05, 3.63) is 26.2 Å². The summed E-state index contributed by atoms with van der Waals surface area (Å²) in [6, 6.07) is 6.36. The van der Waals surface area contributed by atoms with E-state index in [0.29, 0.717) is 0 Å². The Balaban J connectivity index is 2.55. The lowest BCUT2D eigenvalue weighted by Crippen LogP contribution is -2.10. The summed E-state index contributed by atoms with van der Waals surface area (Å²) in [6.07, 6.45) is 1.22. The van der Waals surface area contributed by atoms with E-state index in [4.69, 9.17) is 0 Å². The van der Waals surface area contributed by atoms with Crippen molar-refractivity contribution < 1.29 is 0 Å². The molecule has 0 aromatic heterocycles. The van der Waals surface area contributed by atoms with E-state index in [-0.39, 0.29) is 0 Å². The summed E-state index contributed by atoms with van der Waals surface area (Å²) in [5, 5.41) is 3.43. The van der Waals surface area contributed by atoms with Crippen LogP contribution >= 0.6 is 38.5 Å². The number of rotatable bonds is 4. The van der Waals surface area contributed by atoms with Crippen LogP contribution in [0, 0.1) is 9.49 Å². The van der Waals surface area contributed by atoms with Gasteiger partial charge < -0.3 is 5.32 Å². The van der Waals surface area contributed by atoms with Gasteiger partial charge in [-0.15, -0.1) is 0 Å². The summed E-state index contributed by atoms with van der Waals surface area (Å²) in [5.74, 6) is 0.730. The summed E-state index contributed by atoms with van der Waals surface area (Å²) in [5.41, 5.74) is 1.19. The largest absolute Gasteiger partial charge is 0.385 e. The van der Waals surface area contributed by atoms with E-state index < -0.39 is 0 Å². The molecule has 0 radical (unpaired) electrons. The van der Waals surface area contributed by atoms with Crippen LogP contribution in [0.3, 0.4) is 0 Å². The Kier molecular flexibility index (Phi) is 5.23. The lowest BCUT2D eigenvalue weighted by Gasteiger charge is -2.11. The first-order valence-electron chi connectivity index (χ1n) is 4.82. The van der Waals surface area contributed by atoms with Gasteiger partial charge in [0.2, 0.25) is 0 Å². The van der Waals surface area contributed by atoms with Crippen LogP contribution in [0.4, 0.5) is 5.69 Å². The third kappa shape index (κ3) is 3.77. The molecule has 1 unspecified atom stereocenters. The van der Waals surface area contributed by atoms with Gasteiger partial charge in [-0.3, -0.25) is 0 Å². The summed E-state index contributed by atoms with van der Waals surface area (Å²) in [4.78, 5) is 0. The van der Waals surface area contributed by atoms with E-state index in [0.717, 1.165) is 16.9 Å². The maximum Gasteiger partial charge on any atom is 0.0352 e. The predicted molar refractivity (Wildman–Crippen MR) is 74.8 cm³/mol. The van der Waals surface area contributed by atoms with Crippen molar-refractivity contribution >= 4 is 44.2 Å². The molecule has 1 aromatic rings. The number of benzene rings is 1. The van der Waals surface area contributed by atoms with Crippen LogP contribution in [0.5, 0.6) is 0 Å². The molecule has 0 bridgehead atoms. The quantitative estimate of drug-likeness (QED) is 0.772. The zero-order chi connectivity index (χ0) is 10.6. The number of hydrogen-bond acceptors (Lipinski definition) is 1. The second kappa shape index (κ2) is 5.95. The van der Waals surface area contributed by atoms with E-state index >= 15 is 0 Å². The van der Waals surface area contributed by atoms with Crippen LogP contribution < -0.4 is 5.32 Å². The van der Waals surface area contributed by atoms with Crippen molar-refractivity contribution in [2.75, 3.05) is 11.9 Å². The zero-order valence-electron chi connectivity index (χ0n) is 8.48. The Morgan fingerprint density at radius 3 is 2.79 bits per heavy atom. The van der Waals surface area contributed by atoms with Crippen LogP contribution in [0.2, 0.25) is 0 Å². The minimum atomic E-state index is 0.730. The van der Waals surface area contributed by atoms with Gasteiger partial charge in [-0.25, -0.2) is 0 Å². The van der Waals surface area contributed by atoms with E-state index in [2.05, 4.69) is 75.9 Å². The molecule has 0 aliphatic rings. The van der Waals surface area contributed by atoms with Crippen LogP contribution in [-0.4, -0.2) is 6.54 Å². The van der Waals surface area contributed by atoms with Gasteiger partial charge in [0.15, 0.2) is 0 Å². The highest BCUT2D eigenvalue weighted by Gasteiger charge is 2.00. The molecule has 1 nitrogen and oxygen atoms in total. The normalized spacial score (nSPS) is 12.6. The average Bonchev–Trinajstić information content (AvgIpc) is 2.19. The fourth-order valence-electron chi connectivity index (χ4n) is 1.04. The van der Waals surface area contributed by atoms with Crippen molar-refractivity contribution in [3.8, 4) is 0 Å². The number of anilines is 1. The van der Waals surface area contributed by atoms with Crippen molar-refractivity contribution in [1.29, 1.82) is 0 Å². The fourth-order valence-corrected chi connectivity index (χ4v) is 1.76. The first-order chi connectivity index (χ1) is 6.63. The third-order valence-electron chi connectivity index (χ3n) is 2.27. The number of nitrogens with one attached hydrogen (secondary N) is 1. The molecule has 0 amide bonds. The Morgan fingerprint density at radius 1 is 1.50 bits per heavy atom. The summed E-state index contributed by atoms with van der Waals surface area (Å²) in [6.45, 7) is 5.52. The van der Waals surface area contributed by atoms with E-state index in [1.54, 1.807) is 0 Å². The Morgan fingerprint density at radius 2 is 2.21 bits per heavy atom. The lowest BCUT2D eigenvalue weighted by atomic mass is 10.1. The fraction of sp³-hybridized carbons (Fsp3) is 0.455. The van der Waals surface area contributed by atoms with Gasteiger partial charge >= 0.3 is 0 Å². The van der Waals surface area contributed by atoms with Gasteiger partial charge in [0.05, 0.1) is 0 Å². The highest BCUT2D eigenvalue weighted by Crippen LogP contribution is 2.23. The molecular formula is C11H15BrIN. The Hall–Kier alpha value is 0.230. The predicted octanol–water partition coefficient (Wildman–Crippen LogP) is 4.51. The van der Waals surface area contributed by atoms with Gasteiger partial charge in [-0.1, -0.05) is 20.3 Å². The first kappa shape index (κ1) is 12.3. The van der Waals surface area contributed by atoms with Crippen LogP contribution in [0.25, 0.3) is 0 Å². The van der Waals surface area contributed by atoms with Gasteiger partial charge in [0.25, 0.3) is 0 Å². The topological polar surface area (TPSA) is 12.0 Å². The van der Waals surface area contributed by atoms with Crippen molar-refractivity contribution in [2.45, 2.75) is 20.3 Å².